The Morgan fingerprint density at radius 2 is 1.88 bits per heavy atom. The molecule has 2 aromatic carbocycles. The van der Waals surface area contributed by atoms with Crippen LogP contribution in [0.1, 0.15) is 41.5 Å². The number of ether oxygens (including phenoxy) is 1. The molecule has 1 amide bonds. The van der Waals surface area contributed by atoms with Crippen LogP contribution in [0.4, 0.5) is 5.69 Å². The second-order valence-corrected chi connectivity index (χ2v) is 9.69. The first-order valence-electron chi connectivity index (χ1n) is 10.9. The number of hydrogen-bond donors (Lipinski definition) is 1. The maximum Gasteiger partial charge on any atom is 0.300 e. The summed E-state index contributed by atoms with van der Waals surface area (Å²) in [6.07, 6.45) is 0. The number of aliphatic hydroxyl groups excluding tert-OH is 1. The van der Waals surface area contributed by atoms with Crippen LogP contribution in [-0.2, 0) is 9.59 Å². The summed E-state index contributed by atoms with van der Waals surface area (Å²) in [6.45, 7) is 8.55. The average Bonchev–Trinajstić information content (AvgIpc) is 3.40. The molecule has 2 heterocycles. The fraction of sp³-hybridized carbons (Fsp3) is 0.259. The Labute approximate surface area is 197 Å². The fourth-order valence-corrected chi connectivity index (χ4v) is 4.85. The lowest BCUT2D eigenvalue weighted by Crippen LogP contribution is -2.29. The molecule has 1 fully saturated rings. The molecule has 1 aliphatic rings. The topological polar surface area (TPSA) is 66.8 Å². The molecule has 1 atom stereocenters. The first-order chi connectivity index (χ1) is 15.8. The van der Waals surface area contributed by atoms with Crippen molar-refractivity contribution in [2.24, 2.45) is 5.92 Å². The van der Waals surface area contributed by atoms with Gasteiger partial charge in [-0.1, -0.05) is 49.7 Å². The standard InChI is InChI=1S/C27H27NO4S/c1-16(2)15-32-20-8-5-7-19(14-20)25(29)23-24(22-9-6-12-33-22)28(27(31)26(23)30)21-11-10-17(3)13-18(21)4/h5-14,16,24,29H,15H2,1-4H3/b25-23-. The summed E-state index contributed by atoms with van der Waals surface area (Å²) in [5.74, 6) is -0.587. The Bertz CT molecular complexity index is 1230. The van der Waals surface area contributed by atoms with Gasteiger partial charge in [0.05, 0.1) is 12.2 Å². The summed E-state index contributed by atoms with van der Waals surface area (Å²) in [5, 5.41) is 13.2. The van der Waals surface area contributed by atoms with Crippen LogP contribution in [0.5, 0.6) is 5.75 Å². The van der Waals surface area contributed by atoms with E-state index in [1.54, 1.807) is 18.2 Å². The van der Waals surface area contributed by atoms with Crippen LogP contribution in [0.15, 0.2) is 65.6 Å². The van der Waals surface area contributed by atoms with Gasteiger partial charge in [-0.15, -0.1) is 11.3 Å². The predicted molar refractivity (Wildman–Crippen MR) is 132 cm³/mol. The Morgan fingerprint density at radius 3 is 2.55 bits per heavy atom. The Morgan fingerprint density at radius 1 is 1.09 bits per heavy atom. The van der Waals surface area contributed by atoms with E-state index in [1.807, 2.05) is 55.6 Å². The van der Waals surface area contributed by atoms with Crippen LogP contribution in [0.25, 0.3) is 5.76 Å². The van der Waals surface area contributed by atoms with Crippen molar-refractivity contribution < 1.29 is 19.4 Å². The zero-order chi connectivity index (χ0) is 23.7. The lowest BCUT2D eigenvalue weighted by atomic mass is 9.99. The molecular formula is C27H27NO4S. The number of rotatable bonds is 6. The highest BCUT2D eigenvalue weighted by atomic mass is 32.1. The van der Waals surface area contributed by atoms with Gasteiger partial charge in [-0.2, -0.15) is 0 Å². The molecule has 0 aliphatic carbocycles. The highest BCUT2D eigenvalue weighted by Crippen LogP contribution is 2.44. The van der Waals surface area contributed by atoms with E-state index in [1.165, 1.54) is 16.2 Å². The third-order valence-corrected chi connectivity index (χ3v) is 6.48. The number of amides is 1. The third-order valence-electron chi connectivity index (χ3n) is 5.56. The first-order valence-corrected chi connectivity index (χ1v) is 11.8. The molecule has 5 nitrogen and oxygen atoms in total. The molecule has 1 N–H and O–H groups in total. The smallest absolute Gasteiger partial charge is 0.300 e. The number of Topliss-reactive ketones (excluding diaryl/α,β-unsaturated/α-hetero) is 1. The molecule has 1 aliphatic heterocycles. The molecule has 0 bridgehead atoms. The van der Waals surface area contributed by atoms with Crippen LogP contribution >= 0.6 is 11.3 Å². The number of anilines is 1. The van der Waals surface area contributed by atoms with E-state index >= 15 is 0 Å². The Balaban J connectivity index is 1.85. The van der Waals surface area contributed by atoms with E-state index in [9.17, 15) is 14.7 Å². The van der Waals surface area contributed by atoms with E-state index in [4.69, 9.17) is 4.74 Å². The molecule has 0 saturated carbocycles. The van der Waals surface area contributed by atoms with Crippen molar-refractivity contribution in [3.63, 3.8) is 0 Å². The maximum atomic E-state index is 13.3. The van der Waals surface area contributed by atoms with Crippen LogP contribution in [0.3, 0.4) is 0 Å². The first kappa shape index (κ1) is 22.8. The van der Waals surface area contributed by atoms with Gasteiger partial charge in [0, 0.05) is 16.1 Å². The third kappa shape index (κ3) is 4.44. The average molecular weight is 462 g/mol. The van der Waals surface area contributed by atoms with E-state index in [-0.39, 0.29) is 11.3 Å². The van der Waals surface area contributed by atoms with Crippen molar-refractivity contribution in [3.8, 4) is 5.75 Å². The van der Waals surface area contributed by atoms with Crippen molar-refractivity contribution in [2.75, 3.05) is 11.5 Å². The van der Waals surface area contributed by atoms with Crippen molar-refractivity contribution >= 4 is 34.5 Å². The molecule has 3 aromatic rings. The second kappa shape index (κ2) is 9.24. The number of hydrogen-bond acceptors (Lipinski definition) is 5. The summed E-state index contributed by atoms with van der Waals surface area (Å²) >= 11 is 1.45. The van der Waals surface area contributed by atoms with Gasteiger partial charge < -0.3 is 9.84 Å². The van der Waals surface area contributed by atoms with E-state index in [2.05, 4.69) is 13.8 Å². The minimum absolute atomic E-state index is 0.0865. The normalized spacial score (nSPS) is 17.7. The number of carbonyl (C=O) groups excluding carboxylic acids is 2. The summed E-state index contributed by atoms with van der Waals surface area (Å²) in [6, 6.07) is 15.8. The number of ketones is 1. The monoisotopic (exact) mass is 461 g/mol. The minimum Gasteiger partial charge on any atom is -0.507 e. The maximum absolute atomic E-state index is 13.3. The van der Waals surface area contributed by atoms with E-state index < -0.39 is 17.7 Å². The van der Waals surface area contributed by atoms with Crippen LogP contribution in [0, 0.1) is 19.8 Å². The largest absolute Gasteiger partial charge is 0.507 e. The molecule has 170 valence electrons. The number of benzene rings is 2. The summed E-state index contributed by atoms with van der Waals surface area (Å²) in [5.41, 5.74) is 3.15. The Kier molecular flexibility index (Phi) is 6.38. The minimum atomic E-state index is -0.702. The Hall–Kier alpha value is -3.38. The molecule has 1 aromatic heterocycles. The van der Waals surface area contributed by atoms with Crippen LogP contribution in [0.2, 0.25) is 0 Å². The van der Waals surface area contributed by atoms with Gasteiger partial charge >= 0.3 is 0 Å². The number of thiophene rings is 1. The van der Waals surface area contributed by atoms with Gasteiger partial charge in [0.1, 0.15) is 17.6 Å². The molecule has 1 unspecified atom stereocenters. The molecule has 1 saturated heterocycles. The van der Waals surface area contributed by atoms with Gasteiger partial charge in [0.25, 0.3) is 11.7 Å². The summed E-state index contributed by atoms with van der Waals surface area (Å²) in [4.78, 5) is 28.8. The van der Waals surface area contributed by atoms with E-state index in [0.717, 1.165) is 16.0 Å². The molecule has 4 rings (SSSR count). The highest BCUT2D eigenvalue weighted by Gasteiger charge is 2.47. The van der Waals surface area contributed by atoms with Crippen LogP contribution in [-0.4, -0.2) is 23.4 Å². The van der Waals surface area contributed by atoms with Crippen molar-refractivity contribution in [1.29, 1.82) is 0 Å². The van der Waals surface area contributed by atoms with Crippen molar-refractivity contribution in [1.82, 2.24) is 0 Å². The van der Waals surface area contributed by atoms with Crippen LogP contribution < -0.4 is 9.64 Å². The SMILES string of the molecule is Cc1ccc(N2C(=O)C(=O)/C(=C(\O)c3cccc(OCC(C)C)c3)C2c2cccs2)c(C)c1. The van der Waals surface area contributed by atoms with E-state index in [0.29, 0.717) is 29.5 Å². The molecule has 0 spiro atoms. The van der Waals surface area contributed by atoms with Crippen molar-refractivity contribution in [3.05, 3.63) is 87.1 Å². The molecule has 33 heavy (non-hydrogen) atoms. The summed E-state index contributed by atoms with van der Waals surface area (Å²) < 4.78 is 5.79. The molecular weight excluding hydrogens is 434 g/mol. The van der Waals surface area contributed by atoms with Gasteiger partial charge in [0.2, 0.25) is 0 Å². The zero-order valence-corrected chi connectivity index (χ0v) is 20.0. The lowest BCUT2D eigenvalue weighted by molar-refractivity contribution is -0.132. The number of carbonyl (C=O) groups is 2. The number of aryl methyl sites for hydroxylation is 2. The quantitative estimate of drug-likeness (QED) is 0.277. The summed E-state index contributed by atoms with van der Waals surface area (Å²) in [7, 11) is 0. The molecule has 6 heteroatoms. The van der Waals surface area contributed by atoms with Gasteiger partial charge in [-0.3, -0.25) is 14.5 Å². The van der Waals surface area contributed by atoms with Crippen molar-refractivity contribution in [2.45, 2.75) is 33.7 Å². The second-order valence-electron chi connectivity index (χ2n) is 8.71. The zero-order valence-electron chi connectivity index (χ0n) is 19.2. The number of aliphatic hydroxyl groups is 1. The fourth-order valence-electron chi connectivity index (χ4n) is 4.02. The molecule has 0 radical (unpaired) electrons. The number of nitrogens with zero attached hydrogens (tertiary/aromatic N) is 1. The highest BCUT2D eigenvalue weighted by molar-refractivity contribution is 7.10. The van der Waals surface area contributed by atoms with Gasteiger partial charge in [-0.25, -0.2) is 0 Å². The van der Waals surface area contributed by atoms with Gasteiger partial charge in [-0.05, 0) is 55.0 Å². The lowest BCUT2D eigenvalue weighted by Gasteiger charge is -2.26. The van der Waals surface area contributed by atoms with Gasteiger partial charge in [0.15, 0.2) is 0 Å². The predicted octanol–water partition coefficient (Wildman–Crippen LogP) is 6.03.